The predicted octanol–water partition coefficient (Wildman–Crippen LogP) is 1.60. The summed E-state index contributed by atoms with van der Waals surface area (Å²) in [6.07, 6.45) is 1.06. The standard InChI is InChI=1S/C12H17N3O2/c1-12(2)5-6-15(7-12)10-8(13)3-4-9(14-10)11(16)17/h3-4H,5-7,13H2,1-2H3,(H,16,17). The van der Waals surface area contributed by atoms with Gasteiger partial charge in [0.25, 0.3) is 0 Å². The van der Waals surface area contributed by atoms with Crippen molar-refractivity contribution in [1.82, 2.24) is 4.98 Å². The van der Waals surface area contributed by atoms with Crippen LogP contribution in [0.1, 0.15) is 30.8 Å². The molecule has 3 N–H and O–H groups in total. The van der Waals surface area contributed by atoms with Crippen LogP contribution in [0.25, 0.3) is 0 Å². The summed E-state index contributed by atoms with van der Waals surface area (Å²) >= 11 is 0. The number of nitrogens with two attached hydrogens (primary N) is 1. The number of aromatic nitrogens is 1. The summed E-state index contributed by atoms with van der Waals surface area (Å²) in [6, 6.07) is 3.04. The van der Waals surface area contributed by atoms with E-state index in [9.17, 15) is 4.79 Å². The van der Waals surface area contributed by atoms with E-state index >= 15 is 0 Å². The van der Waals surface area contributed by atoms with Gasteiger partial charge in [-0.15, -0.1) is 0 Å². The number of hydrogen-bond acceptors (Lipinski definition) is 4. The van der Waals surface area contributed by atoms with Crippen LogP contribution in [0.5, 0.6) is 0 Å². The van der Waals surface area contributed by atoms with Gasteiger partial charge in [0.1, 0.15) is 0 Å². The first-order valence-electron chi connectivity index (χ1n) is 5.64. The maximum Gasteiger partial charge on any atom is 0.354 e. The van der Waals surface area contributed by atoms with Crippen molar-refractivity contribution in [3.63, 3.8) is 0 Å². The van der Waals surface area contributed by atoms with E-state index in [1.54, 1.807) is 6.07 Å². The Morgan fingerprint density at radius 2 is 2.24 bits per heavy atom. The Labute approximate surface area is 100 Å². The zero-order valence-electron chi connectivity index (χ0n) is 10.1. The molecule has 0 unspecified atom stereocenters. The molecule has 0 radical (unpaired) electrons. The largest absolute Gasteiger partial charge is 0.477 e. The van der Waals surface area contributed by atoms with Gasteiger partial charge in [-0.05, 0) is 24.0 Å². The summed E-state index contributed by atoms with van der Waals surface area (Å²) in [7, 11) is 0. The van der Waals surface area contributed by atoms with Gasteiger partial charge in [0.05, 0.1) is 5.69 Å². The molecule has 0 aliphatic carbocycles. The van der Waals surface area contributed by atoms with Crippen LogP contribution < -0.4 is 10.6 Å². The molecule has 17 heavy (non-hydrogen) atoms. The number of hydrogen-bond donors (Lipinski definition) is 2. The highest BCUT2D eigenvalue weighted by atomic mass is 16.4. The molecule has 0 atom stereocenters. The van der Waals surface area contributed by atoms with E-state index in [0.29, 0.717) is 11.5 Å². The maximum atomic E-state index is 10.9. The van der Waals surface area contributed by atoms with Crippen LogP contribution in [0.15, 0.2) is 12.1 Å². The molecule has 1 aromatic heterocycles. The lowest BCUT2D eigenvalue weighted by molar-refractivity contribution is 0.0690. The lowest BCUT2D eigenvalue weighted by atomic mass is 9.93. The van der Waals surface area contributed by atoms with E-state index in [-0.39, 0.29) is 11.1 Å². The van der Waals surface area contributed by atoms with E-state index in [0.717, 1.165) is 19.5 Å². The zero-order chi connectivity index (χ0) is 12.6. The molecule has 0 aromatic carbocycles. The second-order valence-corrected chi connectivity index (χ2v) is 5.25. The molecular weight excluding hydrogens is 218 g/mol. The number of nitrogens with zero attached hydrogens (tertiary/aromatic N) is 2. The van der Waals surface area contributed by atoms with Crippen LogP contribution in [0.4, 0.5) is 11.5 Å². The smallest absolute Gasteiger partial charge is 0.354 e. The third kappa shape index (κ3) is 2.33. The van der Waals surface area contributed by atoms with Crippen LogP contribution >= 0.6 is 0 Å². The Bertz CT molecular complexity index is 457. The molecule has 0 saturated carbocycles. The number of pyridine rings is 1. The van der Waals surface area contributed by atoms with Gasteiger partial charge in [-0.3, -0.25) is 0 Å². The molecule has 0 bridgehead atoms. The Kier molecular flexibility index (Phi) is 2.69. The van der Waals surface area contributed by atoms with Gasteiger partial charge in [0.2, 0.25) is 0 Å². The molecule has 1 fully saturated rings. The summed E-state index contributed by atoms with van der Waals surface area (Å²) in [5.74, 6) is -0.430. The molecule has 0 spiro atoms. The minimum atomic E-state index is -1.02. The normalized spacial score (nSPS) is 18.4. The number of carboxylic acid groups (broad SMARTS) is 1. The van der Waals surface area contributed by atoms with Crippen molar-refractivity contribution >= 4 is 17.5 Å². The maximum absolute atomic E-state index is 10.9. The first-order chi connectivity index (χ1) is 7.89. The summed E-state index contributed by atoms with van der Waals surface area (Å²) in [4.78, 5) is 17.1. The summed E-state index contributed by atoms with van der Waals surface area (Å²) in [5, 5.41) is 8.92. The molecule has 1 saturated heterocycles. The molecular formula is C12H17N3O2. The summed E-state index contributed by atoms with van der Waals surface area (Å²) < 4.78 is 0. The van der Waals surface area contributed by atoms with Crippen LogP contribution in [-0.4, -0.2) is 29.1 Å². The molecule has 1 aromatic rings. The van der Waals surface area contributed by atoms with Crippen LogP contribution in [0, 0.1) is 5.41 Å². The first-order valence-corrected chi connectivity index (χ1v) is 5.64. The fourth-order valence-corrected chi connectivity index (χ4v) is 2.12. The highest BCUT2D eigenvalue weighted by Gasteiger charge is 2.31. The Morgan fingerprint density at radius 3 is 2.76 bits per heavy atom. The van der Waals surface area contributed by atoms with Crippen molar-refractivity contribution < 1.29 is 9.90 Å². The summed E-state index contributed by atoms with van der Waals surface area (Å²) in [6.45, 7) is 6.09. The third-order valence-electron chi connectivity index (χ3n) is 3.10. The Balaban J connectivity index is 2.32. The molecule has 5 nitrogen and oxygen atoms in total. The van der Waals surface area contributed by atoms with E-state index in [1.165, 1.54) is 6.07 Å². The van der Waals surface area contributed by atoms with Gasteiger partial charge in [-0.2, -0.15) is 0 Å². The van der Waals surface area contributed by atoms with Crippen molar-refractivity contribution in [3.05, 3.63) is 17.8 Å². The van der Waals surface area contributed by atoms with E-state index in [2.05, 4.69) is 23.7 Å². The molecule has 1 aliphatic heterocycles. The third-order valence-corrected chi connectivity index (χ3v) is 3.10. The van der Waals surface area contributed by atoms with Gasteiger partial charge >= 0.3 is 5.97 Å². The van der Waals surface area contributed by atoms with Crippen molar-refractivity contribution in [2.75, 3.05) is 23.7 Å². The van der Waals surface area contributed by atoms with Gasteiger partial charge in [-0.1, -0.05) is 13.8 Å². The SMILES string of the molecule is CC1(C)CCN(c2nc(C(=O)O)ccc2N)C1. The number of anilines is 2. The number of carboxylic acids is 1. The molecule has 0 amide bonds. The van der Waals surface area contributed by atoms with Crippen molar-refractivity contribution in [2.24, 2.45) is 5.41 Å². The molecule has 92 valence electrons. The Hall–Kier alpha value is -1.78. The van der Waals surface area contributed by atoms with Crippen LogP contribution in [0.2, 0.25) is 0 Å². The first kappa shape index (κ1) is 11.7. The van der Waals surface area contributed by atoms with Crippen molar-refractivity contribution in [3.8, 4) is 0 Å². The van der Waals surface area contributed by atoms with E-state index < -0.39 is 5.97 Å². The van der Waals surface area contributed by atoms with E-state index in [1.807, 2.05) is 0 Å². The Morgan fingerprint density at radius 1 is 1.53 bits per heavy atom. The monoisotopic (exact) mass is 235 g/mol. The molecule has 2 rings (SSSR count). The fourth-order valence-electron chi connectivity index (χ4n) is 2.12. The van der Waals surface area contributed by atoms with E-state index in [4.69, 9.17) is 10.8 Å². The average molecular weight is 235 g/mol. The van der Waals surface area contributed by atoms with Crippen LogP contribution in [-0.2, 0) is 0 Å². The molecule has 5 heteroatoms. The second kappa shape index (κ2) is 3.91. The molecule has 2 heterocycles. The minimum Gasteiger partial charge on any atom is -0.477 e. The number of carbonyl (C=O) groups is 1. The highest BCUT2D eigenvalue weighted by Crippen LogP contribution is 2.33. The average Bonchev–Trinajstić information content (AvgIpc) is 2.59. The number of rotatable bonds is 2. The summed E-state index contributed by atoms with van der Waals surface area (Å²) in [5.41, 5.74) is 6.67. The zero-order valence-corrected chi connectivity index (χ0v) is 10.1. The topological polar surface area (TPSA) is 79.5 Å². The predicted molar refractivity (Wildman–Crippen MR) is 66.2 cm³/mol. The van der Waals surface area contributed by atoms with Gasteiger partial charge in [0.15, 0.2) is 11.5 Å². The van der Waals surface area contributed by atoms with Gasteiger partial charge in [0, 0.05) is 13.1 Å². The number of aromatic carboxylic acids is 1. The minimum absolute atomic E-state index is 0.0407. The molecule has 1 aliphatic rings. The quantitative estimate of drug-likeness (QED) is 0.813. The fraction of sp³-hybridized carbons (Fsp3) is 0.500. The van der Waals surface area contributed by atoms with Gasteiger partial charge in [-0.25, -0.2) is 9.78 Å². The number of nitrogen functional groups attached to an aromatic ring is 1. The highest BCUT2D eigenvalue weighted by molar-refractivity contribution is 5.87. The second-order valence-electron chi connectivity index (χ2n) is 5.25. The van der Waals surface area contributed by atoms with Crippen molar-refractivity contribution in [2.45, 2.75) is 20.3 Å². The van der Waals surface area contributed by atoms with Gasteiger partial charge < -0.3 is 15.7 Å². The lowest BCUT2D eigenvalue weighted by Crippen LogP contribution is -2.25. The van der Waals surface area contributed by atoms with Crippen molar-refractivity contribution in [1.29, 1.82) is 0 Å². The van der Waals surface area contributed by atoms with Crippen LogP contribution in [0.3, 0.4) is 0 Å². The lowest BCUT2D eigenvalue weighted by Gasteiger charge is -2.22.